The molecule has 0 aliphatic rings. The van der Waals surface area contributed by atoms with Gasteiger partial charge in [0.25, 0.3) is 0 Å². The highest BCUT2D eigenvalue weighted by Gasteiger charge is 2.29. The van der Waals surface area contributed by atoms with Crippen LogP contribution in [-0.4, -0.2) is 6.29 Å². The molecular formula is C15H10F4O2. The molecule has 0 saturated carbocycles. The molecular weight excluding hydrogens is 288 g/mol. The third-order valence-electron chi connectivity index (χ3n) is 2.79. The molecule has 110 valence electrons. The van der Waals surface area contributed by atoms with Gasteiger partial charge in [0, 0.05) is 0 Å². The van der Waals surface area contributed by atoms with E-state index in [9.17, 15) is 22.4 Å². The van der Waals surface area contributed by atoms with E-state index in [0.29, 0.717) is 11.8 Å². The number of carbonyl (C=O) groups is 1. The Labute approximate surface area is 118 Å². The number of carbonyl (C=O) groups excluding carboxylic acids is 1. The number of ether oxygens (including phenoxy) is 1. The van der Waals surface area contributed by atoms with E-state index >= 15 is 0 Å². The van der Waals surface area contributed by atoms with E-state index in [-0.39, 0.29) is 17.9 Å². The lowest BCUT2D eigenvalue weighted by Crippen LogP contribution is -2.05. The molecule has 0 atom stereocenters. The molecule has 0 aliphatic carbocycles. The van der Waals surface area contributed by atoms with E-state index in [1.807, 2.05) is 0 Å². The first-order valence-corrected chi connectivity index (χ1v) is 5.94. The molecule has 0 N–H and O–H groups in total. The molecule has 6 heteroatoms. The Morgan fingerprint density at radius 3 is 2.29 bits per heavy atom. The normalized spacial score (nSPS) is 11.2. The van der Waals surface area contributed by atoms with Gasteiger partial charge >= 0.3 is 6.18 Å². The summed E-state index contributed by atoms with van der Waals surface area (Å²) in [6, 6.07) is 8.20. The van der Waals surface area contributed by atoms with E-state index in [1.54, 1.807) is 0 Å². The molecule has 0 fully saturated rings. The second-order valence-corrected chi connectivity index (χ2v) is 4.26. The number of para-hydroxylation sites is 1. The van der Waals surface area contributed by atoms with E-state index in [4.69, 9.17) is 4.74 Å². The van der Waals surface area contributed by atoms with Gasteiger partial charge in [0.05, 0.1) is 11.1 Å². The van der Waals surface area contributed by atoms with Crippen molar-refractivity contribution in [1.29, 1.82) is 0 Å². The summed E-state index contributed by atoms with van der Waals surface area (Å²) in [4.78, 5) is 10.8. The first-order valence-electron chi connectivity index (χ1n) is 5.94. The zero-order chi connectivity index (χ0) is 15.5. The van der Waals surface area contributed by atoms with Gasteiger partial charge in [0.1, 0.15) is 6.61 Å². The Kier molecular flexibility index (Phi) is 4.26. The van der Waals surface area contributed by atoms with Gasteiger partial charge in [-0.25, -0.2) is 4.39 Å². The van der Waals surface area contributed by atoms with Crippen LogP contribution in [0.25, 0.3) is 0 Å². The molecule has 0 bridgehead atoms. The highest BCUT2D eigenvalue weighted by molar-refractivity contribution is 5.79. The molecule has 2 aromatic carbocycles. The molecule has 0 spiro atoms. The summed E-state index contributed by atoms with van der Waals surface area (Å²) in [6.45, 7) is -0.139. The fourth-order valence-electron chi connectivity index (χ4n) is 1.72. The van der Waals surface area contributed by atoms with Crippen molar-refractivity contribution >= 4 is 6.29 Å². The summed E-state index contributed by atoms with van der Waals surface area (Å²) in [5.74, 6) is -0.918. The van der Waals surface area contributed by atoms with Gasteiger partial charge in [-0.05, 0) is 29.8 Å². The molecule has 2 rings (SSSR count). The van der Waals surface area contributed by atoms with E-state index < -0.39 is 17.6 Å². The highest BCUT2D eigenvalue weighted by Crippen LogP contribution is 2.29. The summed E-state index contributed by atoms with van der Waals surface area (Å²) < 4.78 is 55.9. The maximum absolute atomic E-state index is 13.5. The summed E-state index contributed by atoms with van der Waals surface area (Å²) in [5.41, 5.74) is -0.296. The minimum Gasteiger partial charge on any atom is -0.485 e. The van der Waals surface area contributed by atoms with Crippen LogP contribution in [-0.2, 0) is 12.8 Å². The van der Waals surface area contributed by atoms with E-state index in [2.05, 4.69) is 0 Å². The predicted molar refractivity (Wildman–Crippen MR) is 67.6 cm³/mol. The van der Waals surface area contributed by atoms with Crippen molar-refractivity contribution in [2.45, 2.75) is 12.8 Å². The summed E-state index contributed by atoms with van der Waals surface area (Å²) in [5, 5.41) is 0. The van der Waals surface area contributed by atoms with Crippen LogP contribution in [0.15, 0.2) is 42.5 Å². The molecule has 0 aromatic heterocycles. The first-order chi connectivity index (χ1) is 9.91. The molecule has 0 radical (unpaired) electrons. The van der Waals surface area contributed by atoms with Crippen LogP contribution in [0.3, 0.4) is 0 Å². The van der Waals surface area contributed by atoms with Crippen molar-refractivity contribution in [3.8, 4) is 5.75 Å². The van der Waals surface area contributed by atoms with Crippen LogP contribution in [0.4, 0.5) is 17.6 Å². The third-order valence-corrected chi connectivity index (χ3v) is 2.79. The Balaban J connectivity index is 2.12. The maximum Gasteiger partial charge on any atom is 0.416 e. The number of halogens is 4. The molecule has 0 saturated heterocycles. The predicted octanol–water partition coefficient (Wildman–Crippen LogP) is 4.24. The Hall–Kier alpha value is -2.37. The van der Waals surface area contributed by atoms with Crippen LogP contribution >= 0.6 is 0 Å². The lowest BCUT2D eigenvalue weighted by molar-refractivity contribution is -0.137. The van der Waals surface area contributed by atoms with Crippen LogP contribution in [0.1, 0.15) is 21.5 Å². The smallest absolute Gasteiger partial charge is 0.416 e. The number of hydrogen-bond donors (Lipinski definition) is 0. The summed E-state index contributed by atoms with van der Waals surface area (Å²) >= 11 is 0. The zero-order valence-corrected chi connectivity index (χ0v) is 10.7. The lowest BCUT2D eigenvalue weighted by Gasteiger charge is -2.10. The van der Waals surface area contributed by atoms with Gasteiger partial charge in [-0.1, -0.05) is 18.2 Å². The first kappa shape index (κ1) is 15.0. The summed E-state index contributed by atoms with van der Waals surface area (Å²) in [6.07, 6.45) is -3.96. The number of hydrogen-bond acceptors (Lipinski definition) is 2. The topological polar surface area (TPSA) is 26.3 Å². The van der Waals surface area contributed by atoms with Crippen molar-refractivity contribution in [1.82, 2.24) is 0 Å². The average molecular weight is 298 g/mol. The Morgan fingerprint density at radius 1 is 1.05 bits per heavy atom. The van der Waals surface area contributed by atoms with Crippen LogP contribution in [0.5, 0.6) is 5.75 Å². The van der Waals surface area contributed by atoms with Gasteiger partial charge in [0.2, 0.25) is 0 Å². The van der Waals surface area contributed by atoms with Crippen molar-refractivity contribution in [2.24, 2.45) is 0 Å². The highest BCUT2D eigenvalue weighted by atomic mass is 19.4. The Bertz CT molecular complexity index is 633. The molecule has 2 nitrogen and oxygen atoms in total. The van der Waals surface area contributed by atoms with Gasteiger partial charge < -0.3 is 4.74 Å². The molecule has 0 amide bonds. The van der Waals surface area contributed by atoms with Crippen LogP contribution in [0.2, 0.25) is 0 Å². The zero-order valence-electron chi connectivity index (χ0n) is 10.7. The average Bonchev–Trinajstić information content (AvgIpc) is 2.45. The SMILES string of the molecule is O=Cc1cccc(F)c1OCc1ccc(C(F)(F)F)cc1. The second kappa shape index (κ2) is 5.95. The van der Waals surface area contributed by atoms with Crippen LogP contribution in [0, 0.1) is 5.82 Å². The van der Waals surface area contributed by atoms with Crippen molar-refractivity contribution < 1.29 is 27.1 Å². The number of rotatable bonds is 4. The standard InChI is InChI=1S/C15H10F4O2/c16-13-3-1-2-11(8-20)14(13)21-9-10-4-6-12(7-5-10)15(17,18)19/h1-8H,9H2. The van der Waals surface area contributed by atoms with E-state index in [0.717, 1.165) is 18.2 Å². The molecule has 0 unspecified atom stereocenters. The molecule has 0 aliphatic heterocycles. The monoisotopic (exact) mass is 298 g/mol. The van der Waals surface area contributed by atoms with E-state index in [1.165, 1.54) is 24.3 Å². The largest absolute Gasteiger partial charge is 0.485 e. The van der Waals surface area contributed by atoms with Gasteiger partial charge in [-0.3, -0.25) is 4.79 Å². The number of benzene rings is 2. The van der Waals surface area contributed by atoms with Gasteiger partial charge in [0.15, 0.2) is 17.9 Å². The Morgan fingerprint density at radius 2 is 1.71 bits per heavy atom. The van der Waals surface area contributed by atoms with Crippen LogP contribution < -0.4 is 4.74 Å². The lowest BCUT2D eigenvalue weighted by atomic mass is 10.1. The number of aldehydes is 1. The minimum absolute atomic E-state index is 0.0434. The fraction of sp³-hybridized carbons (Fsp3) is 0.133. The van der Waals surface area contributed by atoms with Gasteiger partial charge in [-0.2, -0.15) is 13.2 Å². The quantitative estimate of drug-likeness (QED) is 0.623. The van der Waals surface area contributed by atoms with Crippen molar-refractivity contribution in [3.05, 3.63) is 65.0 Å². The minimum atomic E-state index is -4.41. The summed E-state index contributed by atoms with van der Waals surface area (Å²) in [7, 11) is 0. The second-order valence-electron chi connectivity index (χ2n) is 4.26. The van der Waals surface area contributed by atoms with Crippen molar-refractivity contribution in [3.63, 3.8) is 0 Å². The molecule has 21 heavy (non-hydrogen) atoms. The van der Waals surface area contributed by atoms with Gasteiger partial charge in [-0.15, -0.1) is 0 Å². The maximum atomic E-state index is 13.5. The third kappa shape index (κ3) is 3.59. The fourth-order valence-corrected chi connectivity index (χ4v) is 1.72. The molecule has 2 aromatic rings. The molecule has 0 heterocycles. The van der Waals surface area contributed by atoms with Crippen molar-refractivity contribution in [2.75, 3.05) is 0 Å². The number of alkyl halides is 3.